The highest BCUT2D eigenvalue weighted by Crippen LogP contribution is 2.28. The van der Waals surface area contributed by atoms with Crippen LogP contribution in [0.25, 0.3) is 16.8 Å². The molecule has 0 saturated carbocycles. The van der Waals surface area contributed by atoms with Gasteiger partial charge in [-0.3, -0.25) is 10.2 Å². The van der Waals surface area contributed by atoms with Gasteiger partial charge in [0.25, 0.3) is 5.91 Å². The summed E-state index contributed by atoms with van der Waals surface area (Å²) in [6, 6.07) is 12.1. The Labute approximate surface area is 130 Å². The van der Waals surface area contributed by atoms with E-state index in [2.05, 4.69) is 16.9 Å². The fourth-order valence-electron chi connectivity index (χ4n) is 2.70. The Balaban J connectivity index is 2.10. The number of hydrogen-bond acceptors (Lipinski definition) is 3. The predicted octanol–water partition coefficient (Wildman–Crippen LogP) is 3.03. The fraction of sp³-hybridized carbons (Fsp3) is 0.278. The third-order valence-electron chi connectivity index (χ3n) is 3.90. The van der Waals surface area contributed by atoms with Crippen molar-refractivity contribution in [2.24, 2.45) is 0 Å². The van der Waals surface area contributed by atoms with Crippen LogP contribution in [0.15, 0.2) is 42.0 Å². The van der Waals surface area contributed by atoms with Crippen LogP contribution in [0, 0.1) is 0 Å². The van der Waals surface area contributed by atoms with Crippen LogP contribution in [-0.4, -0.2) is 18.1 Å². The maximum atomic E-state index is 12.0. The first-order chi connectivity index (χ1) is 10.5. The first-order valence-electron chi connectivity index (χ1n) is 7.46. The highest BCUT2D eigenvalue weighted by atomic mass is 16.5. The highest BCUT2D eigenvalue weighted by Gasteiger charge is 2.34. The van der Waals surface area contributed by atoms with Crippen LogP contribution in [0.5, 0.6) is 5.75 Å². The number of amides is 1. The lowest BCUT2D eigenvalue weighted by atomic mass is 9.92. The van der Waals surface area contributed by atoms with Crippen LogP contribution in [0.3, 0.4) is 0 Å². The topological polar surface area (TPSA) is 50.4 Å². The summed E-state index contributed by atoms with van der Waals surface area (Å²) in [5, 5.41) is 2.21. The summed E-state index contributed by atoms with van der Waals surface area (Å²) in [5.74, 6) is 0.786. The molecular formula is C18H20N2O2. The number of hydrogen-bond donors (Lipinski definition) is 2. The molecule has 4 heteroatoms. The zero-order valence-electron chi connectivity index (χ0n) is 13.1. The number of rotatable bonds is 3. The summed E-state index contributed by atoms with van der Waals surface area (Å²) in [6.07, 6.45) is 1.96. The van der Waals surface area contributed by atoms with E-state index in [1.54, 1.807) is 0 Å². The van der Waals surface area contributed by atoms with Gasteiger partial charge in [-0.15, -0.1) is 0 Å². The molecule has 1 aliphatic rings. The summed E-state index contributed by atoms with van der Waals surface area (Å²) in [6.45, 7) is 6.58. The quantitative estimate of drug-likeness (QED) is 0.856. The number of hydrazine groups is 1. The predicted molar refractivity (Wildman–Crippen MR) is 88.5 cm³/mol. The van der Waals surface area contributed by atoms with E-state index in [1.165, 1.54) is 0 Å². The summed E-state index contributed by atoms with van der Waals surface area (Å²) >= 11 is 0. The van der Waals surface area contributed by atoms with Crippen molar-refractivity contribution in [3.05, 3.63) is 47.5 Å². The smallest absolute Gasteiger partial charge is 0.263 e. The number of fused-ring (bicyclic) bond motifs is 1. The van der Waals surface area contributed by atoms with E-state index >= 15 is 0 Å². The lowest BCUT2D eigenvalue weighted by Crippen LogP contribution is -2.38. The van der Waals surface area contributed by atoms with E-state index in [0.29, 0.717) is 6.61 Å². The molecule has 0 spiro atoms. The van der Waals surface area contributed by atoms with Gasteiger partial charge in [-0.05, 0) is 55.3 Å². The van der Waals surface area contributed by atoms with Gasteiger partial charge in [0.2, 0.25) is 0 Å². The van der Waals surface area contributed by atoms with Gasteiger partial charge in [0.1, 0.15) is 5.75 Å². The van der Waals surface area contributed by atoms with Gasteiger partial charge in [-0.2, -0.15) is 0 Å². The first-order valence-corrected chi connectivity index (χ1v) is 7.46. The highest BCUT2D eigenvalue weighted by molar-refractivity contribution is 6.04. The average Bonchev–Trinajstić information content (AvgIpc) is 2.74. The normalized spacial score (nSPS) is 18.7. The maximum absolute atomic E-state index is 12.0. The largest absolute Gasteiger partial charge is 0.494 e. The molecule has 1 amide bonds. The molecule has 3 rings (SSSR count). The van der Waals surface area contributed by atoms with Crippen molar-refractivity contribution < 1.29 is 9.53 Å². The van der Waals surface area contributed by atoms with Crippen molar-refractivity contribution >= 4 is 22.8 Å². The van der Waals surface area contributed by atoms with Crippen molar-refractivity contribution in [1.82, 2.24) is 10.9 Å². The van der Waals surface area contributed by atoms with E-state index in [9.17, 15) is 4.79 Å². The molecule has 22 heavy (non-hydrogen) atoms. The number of carbonyl (C=O) groups is 1. The van der Waals surface area contributed by atoms with Gasteiger partial charge < -0.3 is 4.74 Å². The van der Waals surface area contributed by atoms with E-state index in [-0.39, 0.29) is 11.4 Å². The zero-order chi connectivity index (χ0) is 15.7. The fourth-order valence-corrected chi connectivity index (χ4v) is 2.70. The molecule has 0 bridgehead atoms. The van der Waals surface area contributed by atoms with Gasteiger partial charge in [-0.1, -0.05) is 24.3 Å². The summed E-state index contributed by atoms with van der Waals surface area (Å²) in [7, 11) is 0. The molecule has 0 aromatic heterocycles. The van der Waals surface area contributed by atoms with Gasteiger partial charge in [0.15, 0.2) is 0 Å². The molecule has 2 aromatic rings. The first kappa shape index (κ1) is 14.6. The van der Waals surface area contributed by atoms with Crippen molar-refractivity contribution in [3.63, 3.8) is 0 Å². The van der Waals surface area contributed by atoms with Crippen LogP contribution >= 0.6 is 0 Å². The Bertz CT molecular complexity index is 763. The zero-order valence-corrected chi connectivity index (χ0v) is 13.1. The molecule has 2 N–H and O–H groups in total. The van der Waals surface area contributed by atoms with E-state index < -0.39 is 0 Å². The Hall–Kier alpha value is -2.33. The standard InChI is InChI=1S/C18H20N2O2/c1-4-22-14-8-9-15-12(10-14)6-5-7-13(15)11-16-17(21)19-20-18(16,2)3/h5-11,20H,4H2,1-3H3,(H,19,21)/b16-11+. The van der Waals surface area contributed by atoms with Crippen LogP contribution in [-0.2, 0) is 4.79 Å². The molecule has 1 saturated heterocycles. The van der Waals surface area contributed by atoms with Crippen molar-refractivity contribution in [2.75, 3.05) is 6.61 Å². The third-order valence-corrected chi connectivity index (χ3v) is 3.90. The van der Waals surface area contributed by atoms with Gasteiger partial charge in [-0.25, -0.2) is 5.43 Å². The van der Waals surface area contributed by atoms with Crippen molar-refractivity contribution in [2.45, 2.75) is 26.3 Å². The molecule has 0 unspecified atom stereocenters. The minimum absolute atomic E-state index is 0.0760. The number of carbonyl (C=O) groups excluding carboxylic acids is 1. The van der Waals surface area contributed by atoms with Crippen molar-refractivity contribution in [3.8, 4) is 5.75 Å². The second-order valence-corrected chi connectivity index (χ2v) is 5.93. The Kier molecular flexibility index (Phi) is 3.62. The Morgan fingerprint density at radius 2 is 2.05 bits per heavy atom. The lowest BCUT2D eigenvalue weighted by Gasteiger charge is -2.17. The van der Waals surface area contributed by atoms with E-state index in [0.717, 1.165) is 27.7 Å². The average molecular weight is 296 g/mol. The van der Waals surface area contributed by atoms with Gasteiger partial charge in [0.05, 0.1) is 12.1 Å². The van der Waals surface area contributed by atoms with E-state index in [1.807, 2.05) is 57.2 Å². The molecule has 0 atom stereocenters. The minimum atomic E-state index is -0.384. The molecule has 114 valence electrons. The van der Waals surface area contributed by atoms with Crippen LogP contribution < -0.4 is 15.6 Å². The Morgan fingerprint density at radius 3 is 2.73 bits per heavy atom. The Morgan fingerprint density at radius 1 is 1.23 bits per heavy atom. The molecule has 0 radical (unpaired) electrons. The molecule has 1 heterocycles. The number of ether oxygens (including phenoxy) is 1. The maximum Gasteiger partial charge on any atom is 0.263 e. The van der Waals surface area contributed by atoms with Crippen LogP contribution in [0.1, 0.15) is 26.3 Å². The van der Waals surface area contributed by atoms with Crippen LogP contribution in [0.4, 0.5) is 0 Å². The minimum Gasteiger partial charge on any atom is -0.494 e. The SMILES string of the molecule is CCOc1ccc2c(/C=C3\C(=O)NNC3(C)C)cccc2c1. The lowest BCUT2D eigenvalue weighted by molar-refractivity contribution is -0.116. The molecule has 0 aliphatic carbocycles. The van der Waals surface area contributed by atoms with E-state index in [4.69, 9.17) is 4.74 Å². The molecule has 2 aromatic carbocycles. The third kappa shape index (κ3) is 2.57. The summed E-state index contributed by atoms with van der Waals surface area (Å²) < 4.78 is 5.55. The molecule has 4 nitrogen and oxygen atoms in total. The number of benzene rings is 2. The summed E-state index contributed by atoms with van der Waals surface area (Å²) in [5.41, 5.74) is 7.05. The monoisotopic (exact) mass is 296 g/mol. The summed E-state index contributed by atoms with van der Waals surface area (Å²) in [4.78, 5) is 12.0. The second kappa shape index (κ2) is 5.46. The second-order valence-electron chi connectivity index (χ2n) is 5.93. The molecular weight excluding hydrogens is 276 g/mol. The molecule has 1 fully saturated rings. The molecule has 1 aliphatic heterocycles. The van der Waals surface area contributed by atoms with Crippen LogP contribution in [0.2, 0.25) is 0 Å². The van der Waals surface area contributed by atoms with Gasteiger partial charge in [0, 0.05) is 5.57 Å². The number of nitrogens with one attached hydrogen (secondary N) is 2. The van der Waals surface area contributed by atoms with Crippen molar-refractivity contribution in [1.29, 1.82) is 0 Å². The van der Waals surface area contributed by atoms with Gasteiger partial charge >= 0.3 is 0 Å².